The number of amides is 2. The molecule has 5 nitrogen and oxygen atoms in total. The number of nitrogens with one attached hydrogen (secondary N) is 2. The van der Waals surface area contributed by atoms with E-state index in [-0.39, 0.29) is 18.3 Å². The summed E-state index contributed by atoms with van der Waals surface area (Å²) in [7, 11) is 0. The highest BCUT2D eigenvalue weighted by atomic mass is 79.9. The van der Waals surface area contributed by atoms with Crippen molar-refractivity contribution in [3.8, 4) is 0 Å². The number of urea groups is 1. The molecule has 0 spiro atoms. The first-order chi connectivity index (χ1) is 9.99. The Morgan fingerprint density at radius 1 is 1.19 bits per heavy atom. The molecule has 0 atom stereocenters. The zero-order valence-corrected chi connectivity index (χ0v) is 13.1. The van der Waals surface area contributed by atoms with Crippen LogP contribution in [0.2, 0.25) is 0 Å². The number of carboxylic acid groups (broad SMARTS) is 1. The van der Waals surface area contributed by atoms with Gasteiger partial charge in [0.1, 0.15) is 5.82 Å². The standard InChI is InChI=1S/C14H18BrFN2O3/c15-11-9-10(6-7-12(11)16)18-14(21)17-8-4-2-1-3-5-13(19)20/h6-7,9H,1-5,8H2,(H,19,20)(H2,17,18,21). The molecule has 0 saturated carbocycles. The summed E-state index contributed by atoms with van der Waals surface area (Å²) in [6.45, 7) is 0.515. The van der Waals surface area contributed by atoms with Crippen LogP contribution in [0.1, 0.15) is 32.1 Å². The third-order valence-electron chi connectivity index (χ3n) is 2.78. The SMILES string of the molecule is O=C(O)CCCCCCNC(=O)Nc1ccc(F)c(Br)c1. The van der Waals surface area contributed by atoms with Crippen LogP contribution in [0.3, 0.4) is 0 Å². The Labute approximate surface area is 131 Å². The number of benzene rings is 1. The number of rotatable bonds is 8. The zero-order chi connectivity index (χ0) is 15.7. The van der Waals surface area contributed by atoms with Crippen molar-refractivity contribution >= 4 is 33.6 Å². The maximum Gasteiger partial charge on any atom is 0.319 e. The number of carbonyl (C=O) groups is 2. The molecule has 0 aliphatic heterocycles. The molecule has 0 aromatic heterocycles. The minimum atomic E-state index is -0.780. The molecule has 1 aromatic rings. The quantitative estimate of drug-likeness (QED) is 0.617. The summed E-state index contributed by atoms with van der Waals surface area (Å²) < 4.78 is 13.3. The van der Waals surface area contributed by atoms with E-state index in [1.807, 2.05) is 0 Å². The van der Waals surface area contributed by atoms with E-state index < -0.39 is 5.97 Å². The van der Waals surface area contributed by atoms with E-state index in [1.54, 1.807) is 0 Å². The number of carbonyl (C=O) groups excluding carboxylic acids is 1. The fourth-order valence-corrected chi connectivity index (χ4v) is 2.08. The third-order valence-corrected chi connectivity index (χ3v) is 3.39. The maximum atomic E-state index is 13.0. The number of halogens is 2. The number of hydrogen-bond acceptors (Lipinski definition) is 2. The van der Waals surface area contributed by atoms with Gasteiger partial charge in [-0.3, -0.25) is 4.79 Å². The molecule has 116 valence electrons. The molecule has 3 N–H and O–H groups in total. The van der Waals surface area contributed by atoms with Crippen LogP contribution in [0.5, 0.6) is 0 Å². The topological polar surface area (TPSA) is 78.4 Å². The van der Waals surface area contributed by atoms with Crippen molar-refractivity contribution in [2.45, 2.75) is 32.1 Å². The fraction of sp³-hybridized carbons (Fsp3) is 0.429. The van der Waals surface area contributed by atoms with E-state index in [9.17, 15) is 14.0 Å². The second kappa shape index (κ2) is 9.33. The van der Waals surface area contributed by atoms with Crippen molar-refractivity contribution in [1.82, 2.24) is 5.32 Å². The molecule has 0 bridgehead atoms. The molecule has 21 heavy (non-hydrogen) atoms. The molecule has 0 aliphatic rings. The van der Waals surface area contributed by atoms with E-state index in [0.29, 0.717) is 23.1 Å². The molecular weight excluding hydrogens is 343 g/mol. The summed E-state index contributed by atoms with van der Waals surface area (Å²) in [5, 5.41) is 13.8. The normalized spacial score (nSPS) is 10.2. The lowest BCUT2D eigenvalue weighted by Gasteiger charge is -2.08. The Morgan fingerprint density at radius 2 is 1.90 bits per heavy atom. The summed E-state index contributed by atoms with van der Waals surface area (Å²) in [6.07, 6.45) is 3.34. The van der Waals surface area contributed by atoms with E-state index in [0.717, 1.165) is 19.3 Å². The second-order valence-corrected chi connectivity index (χ2v) is 5.42. The lowest BCUT2D eigenvalue weighted by molar-refractivity contribution is -0.137. The van der Waals surface area contributed by atoms with Crippen molar-refractivity contribution in [2.75, 3.05) is 11.9 Å². The Morgan fingerprint density at radius 3 is 2.57 bits per heavy atom. The zero-order valence-electron chi connectivity index (χ0n) is 11.5. The highest BCUT2D eigenvalue weighted by Gasteiger charge is 2.04. The fourth-order valence-electron chi connectivity index (χ4n) is 1.71. The number of unbranched alkanes of at least 4 members (excludes halogenated alkanes) is 3. The first kappa shape index (κ1) is 17.4. The van der Waals surface area contributed by atoms with Gasteiger partial charge >= 0.3 is 12.0 Å². The van der Waals surface area contributed by atoms with Crippen molar-refractivity contribution < 1.29 is 19.1 Å². The van der Waals surface area contributed by atoms with Crippen LogP contribution in [-0.2, 0) is 4.79 Å². The summed E-state index contributed by atoms with van der Waals surface area (Å²) in [5.74, 6) is -1.17. The first-order valence-electron chi connectivity index (χ1n) is 6.70. The van der Waals surface area contributed by atoms with Gasteiger partial charge in [0.25, 0.3) is 0 Å². The summed E-state index contributed by atoms with van der Waals surface area (Å²) in [6, 6.07) is 3.88. The predicted octanol–water partition coefficient (Wildman–Crippen LogP) is 3.74. The minimum Gasteiger partial charge on any atom is -0.481 e. The molecule has 2 amide bonds. The molecule has 1 aromatic carbocycles. The van der Waals surface area contributed by atoms with Crippen molar-refractivity contribution in [2.24, 2.45) is 0 Å². The highest BCUT2D eigenvalue weighted by molar-refractivity contribution is 9.10. The van der Waals surface area contributed by atoms with E-state index >= 15 is 0 Å². The summed E-state index contributed by atoms with van der Waals surface area (Å²) in [5.41, 5.74) is 0.502. The average molecular weight is 361 g/mol. The largest absolute Gasteiger partial charge is 0.481 e. The lowest BCUT2D eigenvalue weighted by Crippen LogP contribution is -2.29. The van der Waals surface area contributed by atoms with E-state index in [2.05, 4.69) is 26.6 Å². The van der Waals surface area contributed by atoms with Gasteiger partial charge in [-0.05, 0) is 47.0 Å². The van der Waals surface area contributed by atoms with Crippen molar-refractivity contribution in [3.63, 3.8) is 0 Å². The van der Waals surface area contributed by atoms with Crippen LogP contribution in [0.25, 0.3) is 0 Å². The monoisotopic (exact) mass is 360 g/mol. The molecule has 7 heteroatoms. The van der Waals surface area contributed by atoms with Gasteiger partial charge < -0.3 is 15.7 Å². The number of aliphatic carboxylic acids is 1. The summed E-state index contributed by atoms with van der Waals surface area (Å²) in [4.78, 5) is 21.9. The molecule has 0 heterocycles. The lowest BCUT2D eigenvalue weighted by atomic mass is 10.1. The molecule has 0 radical (unpaired) electrons. The maximum absolute atomic E-state index is 13.0. The Bertz CT molecular complexity index is 497. The Balaban J connectivity index is 2.14. The van der Waals surface area contributed by atoms with E-state index in [4.69, 9.17) is 5.11 Å². The van der Waals surface area contributed by atoms with Crippen LogP contribution < -0.4 is 10.6 Å². The molecule has 1 rings (SSSR count). The Hall–Kier alpha value is -1.63. The van der Waals surface area contributed by atoms with Crippen LogP contribution in [0.15, 0.2) is 22.7 Å². The average Bonchev–Trinajstić information content (AvgIpc) is 2.41. The second-order valence-electron chi connectivity index (χ2n) is 4.57. The van der Waals surface area contributed by atoms with Crippen LogP contribution in [0.4, 0.5) is 14.9 Å². The molecule has 0 aliphatic carbocycles. The highest BCUT2D eigenvalue weighted by Crippen LogP contribution is 2.19. The van der Waals surface area contributed by atoms with Crippen molar-refractivity contribution in [1.29, 1.82) is 0 Å². The van der Waals surface area contributed by atoms with Crippen LogP contribution in [-0.4, -0.2) is 23.7 Å². The van der Waals surface area contributed by atoms with E-state index in [1.165, 1.54) is 18.2 Å². The minimum absolute atomic E-state index is 0.188. The van der Waals surface area contributed by atoms with Gasteiger partial charge in [0, 0.05) is 18.7 Å². The third kappa shape index (κ3) is 7.65. The van der Waals surface area contributed by atoms with Gasteiger partial charge in [-0.25, -0.2) is 9.18 Å². The van der Waals surface area contributed by atoms with Gasteiger partial charge in [0.2, 0.25) is 0 Å². The number of carboxylic acids is 1. The smallest absolute Gasteiger partial charge is 0.319 e. The van der Waals surface area contributed by atoms with Gasteiger partial charge in [-0.15, -0.1) is 0 Å². The van der Waals surface area contributed by atoms with Gasteiger partial charge in [0.05, 0.1) is 4.47 Å². The van der Waals surface area contributed by atoms with Gasteiger partial charge in [-0.2, -0.15) is 0 Å². The molecular formula is C14H18BrFN2O3. The molecule has 0 saturated heterocycles. The first-order valence-corrected chi connectivity index (χ1v) is 7.50. The van der Waals surface area contributed by atoms with Crippen LogP contribution >= 0.6 is 15.9 Å². The van der Waals surface area contributed by atoms with Gasteiger partial charge in [-0.1, -0.05) is 12.8 Å². The van der Waals surface area contributed by atoms with Gasteiger partial charge in [0.15, 0.2) is 0 Å². The Kier molecular flexibility index (Phi) is 7.74. The molecule has 0 unspecified atom stereocenters. The number of anilines is 1. The molecule has 0 fully saturated rings. The van der Waals surface area contributed by atoms with Crippen molar-refractivity contribution in [3.05, 3.63) is 28.5 Å². The number of hydrogen-bond donors (Lipinski definition) is 3. The summed E-state index contributed by atoms with van der Waals surface area (Å²) >= 11 is 3.05. The predicted molar refractivity (Wildman–Crippen MR) is 81.8 cm³/mol. The van der Waals surface area contributed by atoms with Crippen LogP contribution in [0, 0.1) is 5.82 Å².